The molecule has 2 aliphatic rings. The lowest BCUT2D eigenvalue weighted by Gasteiger charge is -2.49. The van der Waals surface area contributed by atoms with Crippen molar-refractivity contribution >= 4 is 0 Å². The van der Waals surface area contributed by atoms with Crippen molar-refractivity contribution in [2.45, 2.75) is 50.2 Å². The number of nitrogens with zero attached hydrogens (tertiary/aromatic N) is 3. The zero-order chi connectivity index (χ0) is 17.8. The second kappa shape index (κ2) is 7.91. The van der Waals surface area contributed by atoms with Crippen molar-refractivity contribution in [3.8, 4) is 5.69 Å². The fourth-order valence-electron chi connectivity index (χ4n) is 4.58. The second-order valence-electron chi connectivity index (χ2n) is 7.81. The van der Waals surface area contributed by atoms with Gasteiger partial charge in [-0.2, -0.15) is 5.10 Å². The van der Waals surface area contributed by atoms with Crippen LogP contribution in [0.3, 0.4) is 0 Å². The molecule has 5 heteroatoms. The molecule has 2 atom stereocenters. The first kappa shape index (κ1) is 17.7. The molecule has 2 saturated heterocycles. The topological polar surface area (TPSA) is 53.3 Å². The maximum atomic E-state index is 11.2. The lowest BCUT2D eigenvalue weighted by Crippen LogP contribution is -2.62. The van der Waals surface area contributed by atoms with E-state index < -0.39 is 5.60 Å². The van der Waals surface area contributed by atoms with Gasteiger partial charge in [-0.15, -0.1) is 0 Å². The normalized spacial score (nSPS) is 26.6. The largest absolute Gasteiger partial charge is 0.387 e. The highest BCUT2D eigenvalue weighted by atomic mass is 16.3. The van der Waals surface area contributed by atoms with Gasteiger partial charge in [-0.3, -0.25) is 4.90 Å². The molecule has 4 rings (SSSR count). The van der Waals surface area contributed by atoms with E-state index in [1.165, 1.54) is 18.4 Å². The summed E-state index contributed by atoms with van der Waals surface area (Å²) in [6.07, 6.45) is 10.7. The van der Waals surface area contributed by atoms with Crippen LogP contribution >= 0.6 is 0 Å². The molecule has 1 aromatic carbocycles. The summed E-state index contributed by atoms with van der Waals surface area (Å²) in [6.45, 7) is 3.88. The van der Waals surface area contributed by atoms with Crippen LogP contribution in [0.15, 0.2) is 42.7 Å². The quantitative estimate of drug-likeness (QED) is 0.782. The van der Waals surface area contributed by atoms with E-state index in [4.69, 9.17) is 0 Å². The molecule has 2 aliphatic heterocycles. The highest BCUT2D eigenvalue weighted by molar-refractivity contribution is 5.30. The Morgan fingerprint density at radius 2 is 2.00 bits per heavy atom. The molecule has 0 aliphatic carbocycles. The van der Waals surface area contributed by atoms with Gasteiger partial charge < -0.3 is 10.4 Å². The van der Waals surface area contributed by atoms with Crippen molar-refractivity contribution in [2.24, 2.45) is 0 Å². The first-order chi connectivity index (χ1) is 12.7. The van der Waals surface area contributed by atoms with E-state index in [0.29, 0.717) is 12.6 Å². The van der Waals surface area contributed by atoms with E-state index in [-0.39, 0.29) is 0 Å². The summed E-state index contributed by atoms with van der Waals surface area (Å²) in [5.74, 6) is 0. The smallest absolute Gasteiger partial charge is 0.0926 e. The van der Waals surface area contributed by atoms with Crippen LogP contribution in [0.2, 0.25) is 0 Å². The molecule has 0 unspecified atom stereocenters. The summed E-state index contributed by atoms with van der Waals surface area (Å²) >= 11 is 0. The monoisotopic (exact) mass is 354 g/mol. The van der Waals surface area contributed by atoms with E-state index in [9.17, 15) is 5.11 Å². The summed E-state index contributed by atoms with van der Waals surface area (Å²) in [6, 6.07) is 10.5. The first-order valence-corrected chi connectivity index (χ1v) is 10.0. The first-order valence-electron chi connectivity index (χ1n) is 10.0. The molecular weight excluding hydrogens is 324 g/mol. The van der Waals surface area contributed by atoms with Gasteiger partial charge in [-0.25, -0.2) is 4.68 Å². The lowest BCUT2D eigenvalue weighted by molar-refractivity contribution is -0.0916. The summed E-state index contributed by atoms with van der Waals surface area (Å²) in [4.78, 5) is 2.51. The Labute approximate surface area is 156 Å². The van der Waals surface area contributed by atoms with Gasteiger partial charge in [0.25, 0.3) is 0 Å². The molecule has 5 nitrogen and oxygen atoms in total. The minimum absolute atomic E-state index is 0.346. The summed E-state index contributed by atoms with van der Waals surface area (Å²) in [7, 11) is 0. The van der Waals surface area contributed by atoms with Gasteiger partial charge in [-0.05, 0) is 69.4 Å². The third-order valence-electron chi connectivity index (χ3n) is 5.97. The van der Waals surface area contributed by atoms with Crippen molar-refractivity contribution in [3.05, 3.63) is 48.3 Å². The fraction of sp³-hybridized carbons (Fsp3) is 0.571. The Kier molecular flexibility index (Phi) is 5.38. The molecule has 140 valence electrons. The fourth-order valence-corrected chi connectivity index (χ4v) is 4.58. The Morgan fingerprint density at radius 3 is 2.88 bits per heavy atom. The molecule has 0 spiro atoms. The molecule has 2 fully saturated rings. The van der Waals surface area contributed by atoms with Gasteiger partial charge in [0, 0.05) is 18.8 Å². The third-order valence-corrected chi connectivity index (χ3v) is 5.97. The molecular formula is C21H30N4O. The van der Waals surface area contributed by atoms with Crippen LogP contribution in [0.1, 0.15) is 37.7 Å². The SMILES string of the molecule is O[C@@]1(CNCCc2cnn(-c3ccccc3)c2)CCCN2CCCC[C@@H]21. The van der Waals surface area contributed by atoms with Gasteiger partial charge in [0.15, 0.2) is 0 Å². The highest BCUT2D eigenvalue weighted by Crippen LogP contribution is 2.33. The molecule has 2 aromatic rings. The molecule has 2 N–H and O–H groups in total. The lowest BCUT2D eigenvalue weighted by atomic mass is 9.79. The van der Waals surface area contributed by atoms with Crippen molar-refractivity contribution in [3.63, 3.8) is 0 Å². The van der Waals surface area contributed by atoms with Crippen LogP contribution < -0.4 is 5.32 Å². The van der Waals surface area contributed by atoms with E-state index in [1.807, 2.05) is 29.1 Å². The third kappa shape index (κ3) is 3.85. The van der Waals surface area contributed by atoms with Crippen LogP contribution in [-0.2, 0) is 6.42 Å². The molecule has 1 aromatic heterocycles. The predicted molar refractivity (Wildman–Crippen MR) is 104 cm³/mol. The number of nitrogens with one attached hydrogen (secondary N) is 1. The van der Waals surface area contributed by atoms with Gasteiger partial charge in [0.2, 0.25) is 0 Å². The number of para-hydroxylation sites is 1. The zero-order valence-electron chi connectivity index (χ0n) is 15.5. The van der Waals surface area contributed by atoms with Gasteiger partial charge in [0.05, 0.1) is 17.5 Å². The average Bonchev–Trinajstić information content (AvgIpc) is 3.16. The van der Waals surface area contributed by atoms with E-state index >= 15 is 0 Å². The van der Waals surface area contributed by atoms with Gasteiger partial charge in [-0.1, -0.05) is 24.6 Å². The minimum atomic E-state index is -0.563. The standard InChI is InChI=1S/C21H30N4O/c26-21(11-6-14-24-13-5-4-9-20(21)24)17-22-12-10-18-15-23-25(16-18)19-7-2-1-3-8-19/h1-3,7-8,15-16,20,22,26H,4-6,9-14,17H2/t20-,21-/m1/s1. The van der Waals surface area contributed by atoms with Crippen LogP contribution in [0.4, 0.5) is 0 Å². The summed E-state index contributed by atoms with van der Waals surface area (Å²) < 4.78 is 1.92. The van der Waals surface area contributed by atoms with Crippen LogP contribution in [0, 0.1) is 0 Å². The molecule has 0 amide bonds. The summed E-state index contributed by atoms with van der Waals surface area (Å²) in [5.41, 5.74) is 1.74. The maximum Gasteiger partial charge on any atom is 0.0926 e. The van der Waals surface area contributed by atoms with Crippen molar-refractivity contribution < 1.29 is 5.11 Å². The van der Waals surface area contributed by atoms with Crippen LogP contribution in [0.5, 0.6) is 0 Å². The summed E-state index contributed by atoms with van der Waals surface area (Å²) in [5, 5.41) is 19.2. The number of hydrogen-bond donors (Lipinski definition) is 2. The van der Waals surface area contributed by atoms with Crippen molar-refractivity contribution in [1.29, 1.82) is 0 Å². The minimum Gasteiger partial charge on any atom is -0.387 e. The number of aliphatic hydroxyl groups is 1. The maximum absolute atomic E-state index is 11.2. The van der Waals surface area contributed by atoms with E-state index in [2.05, 4.69) is 33.6 Å². The Morgan fingerprint density at radius 1 is 1.15 bits per heavy atom. The number of piperidine rings is 2. The zero-order valence-corrected chi connectivity index (χ0v) is 15.5. The van der Waals surface area contributed by atoms with Gasteiger partial charge in [0.1, 0.15) is 0 Å². The number of hydrogen-bond acceptors (Lipinski definition) is 4. The second-order valence-corrected chi connectivity index (χ2v) is 7.81. The number of aromatic nitrogens is 2. The highest BCUT2D eigenvalue weighted by Gasteiger charge is 2.43. The molecule has 0 bridgehead atoms. The average molecular weight is 354 g/mol. The molecule has 3 heterocycles. The molecule has 0 saturated carbocycles. The van der Waals surface area contributed by atoms with Crippen molar-refractivity contribution in [1.82, 2.24) is 20.0 Å². The molecule has 0 radical (unpaired) electrons. The van der Waals surface area contributed by atoms with Crippen LogP contribution in [0.25, 0.3) is 5.69 Å². The number of benzene rings is 1. The molecule has 26 heavy (non-hydrogen) atoms. The van der Waals surface area contributed by atoms with Crippen LogP contribution in [-0.4, -0.2) is 57.6 Å². The Hall–Kier alpha value is -1.69. The van der Waals surface area contributed by atoms with E-state index in [1.54, 1.807) is 0 Å². The Bertz CT molecular complexity index is 699. The number of fused-ring (bicyclic) bond motifs is 1. The van der Waals surface area contributed by atoms with Gasteiger partial charge >= 0.3 is 0 Å². The predicted octanol–water partition coefficient (Wildman–Crippen LogP) is 2.38. The Balaban J connectivity index is 1.28. The number of rotatable bonds is 6. The van der Waals surface area contributed by atoms with Crippen molar-refractivity contribution in [2.75, 3.05) is 26.2 Å². The van der Waals surface area contributed by atoms with E-state index in [0.717, 1.165) is 51.0 Å².